The van der Waals surface area contributed by atoms with Crippen molar-refractivity contribution in [3.05, 3.63) is 35.9 Å². The molecule has 1 nitrogen and oxygen atoms in total. The standard InChI is InChI=1S/C14H19N/c1-2-6-12(7-3-1)14(10-11-14)15-13-8-4-5-9-13/h1-3,6-7,13,15H,4-5,8-11H2. The van der Waals surface area contributed by atoms with E-state index < -0.39 is 0 Å². The van der Waals surface area contributed by atoms with Crippen LogP contribution in [-0.2, 0) is 5.54 Å². The van der Waals surface area contributed by atoms with Crippen molar-refractivity contribution in [3.8, 4) is 0 Å². The number of benzene rings is 1. The third kappa shape index (κ3) is 1.81. The molecule has 0 radical (unpaired) electrons. The molecule has 15 heavy (non-hydrogen) atoms. The predicted molar refractivity (Wildman–Crippen MR) is 62.7 cm³/mol. The van der Waals surface area contributed by atoms with E-state index in [-0.39, 0.29) is 0 Å². The summed E-state index contributed by atoms with van der Waals surface area (Å²) in [5.41, 5.74) is 1.85. The van der Waals surface area contributed by atoms with Gasteiger partial charge in [0.15, 0.2) is 0 Å². The average Bonchev–Trinajstić information content (AvgIpc) is 2.88. The summed E-state index contributed by atoms with van der Waals surface area (Å²) in [6, 6.07) is 11.8. The highest BCUT2D eigenvalue weighted by Gasteiger charge is 2.45. The normalized spacial score (nSPS) is 24.3. The molecule has 0 bridgehead atoms. The summed E-state index contributed by atoms with van der Waals surface area (Å²) in [6.07, 6.45) is 8.26. The van der Waals surface area contributed by atoms with Gasteiger partial charge in [0.2, 0.25) is 0 Å². The van der Waals surface area contributed by atoms with E-state index in [1.807, 2.05) is 0 Å². The van der Waals surface area contributed by atoms with Gasteiger partial charge in [-0.05, 0) is 31.2 Å². The molecule has 0 atom stereocenters. The fraction of sp³-hybridized carbons (Fsp3) is 0.571. The molecule has 0 aliphatic heterocycles. The van der Waals surface area contributed by atoms with Gasteiger partial charge in [-0.3, -0.25) is 0 Å². The van der Waals surface area contributed by atoms with Crippen molar-refractivity contribution in [3.63, 3.8) is 0 Å². The Morgan fingerprint density at radius 2 is 1.67 bits per heavy atom. The average molecular weight is 201 g/mol. The molecule has 2 saturated carbocycles. The molecule has 1 aromatic rings. The second kappa shape index (κ2) is 3.64. The van der Waals surface area contributed by atoms with Gasteiger partial charge in [0, 0.05) is 11.6 Å². The molecule has 2 aliphatic rings. The van der Waals surface area contributed by atoms with Crippen molar-refractivity contribution in [1.29, 1.82) is 0 Å². The molecule has 2 fully saturated rings. The van der Waals surface area contributed by atoms with Gasteiger partial charge in [-0.15, -0.1) is 0 Å². The third-order valence-electron chi connectivity index (χ3n) is 3.91. The van der Waals surface area contributed by atoms with Crippen LogP contribution in [0.3, 0.4) is 0 Å². The molecular formula is C14H19N. The quantitative estimate of drug-likeness (QED) is 0.792. The van der Waals surface area contributed by atoms with E-state index in [1.165, 1.54) is 44.1 Å². The van der Waals surface area contributed by atoms with Crippen LogP contribution in [0.1, 0.15) is 44.1 Å². The van der Waals surface area contributed by atoms with Crippen molar-refractivity contribution in [2.45, 2.75) is 50.1 Å². The second-order valence-corrected chi connectivity index (χ2v) is 5.07. The smallest absolute Gasteiger partial charge is 0.0438 e. The van der Waals surface area contributed by atoms with Gasteiger partial charge in [0.05, 0.1) is 0 Å². The van der Waals surface area contributed by atoms with Crippen LogP contribution in [0.25, 0.3) is 0 Å². The van der Waals surface area contributed by atoms with Crippen LogP contribution in [0.2, 0.25) is 0 Å². The summed E-state index contributed by atoms with van der Waals surface area (Å²) in [7, 11) is 0. The topological polar surface area (TPSA) is 12.0 Å². The van der Waals surface area contributed by atoms with E-state index in [9.17, 15) is 0 Å². The maximum absolute atomic E-state index is 3.88. The molecule has 0 heterocycles. The Kier molecular flexibility index (Phi) is 2.28. The van der Waals surface area contributed by atoms with Gasteiger partial charge in [-0.1, -0.05) is 43.2 Å². The third-order valence-corrected chi connectivity index (χ3v) is 3.91. The van der Waals surface area contributed by atoms with E-state index in [0.717, 1.165) is 6.04 Å². The minimum atomic E-state index is 0.357. The summed E-state index contributed by atoms with van der Waals surface area (Å²) in [6.45, 7) is 0. The van der Waals surface area contributed by atoms with Crippen LogP contribution in [-0.4, -0.2) is 6.04 Å². The minimum Gasteiger partial charge on any atom is -0.305 e. The Balaban J connectivity index is 1.74. The number of hydrogen-bond donors (Lipinski definition) is 1. The molecule has 1 heteroatoms. The first kappa shape index (κ1) is 9.41. The molecule has 0 spiro atoms. The van der Waals surface area contributed by atoms with Gasteiger partial charge in [-0.25, -0.2) is 0 Å². The highest BCUT2D eigenvalue weighted by Crippen LogP contribution is 2.46. The first-order chi connectivity index (χ1) is 7.39. The fourth-order valence-electron chi connectivity index (χ4n) is 2.86. The van der Waals surface area contributed by atoms with Crippen LogP contribution in [0.4, 0.5) is 0 Å². The van der Waals surface area contributed by atoms with Gasteiger partial charge in [0.1, 0.15) is 0 Å². The number of hydrogen-bond acceptors (Lipinski definition) is 1. The zero-order valence-electron chi connectivity index (χ0n) is 9.21. The van der Waals surface area contributed by atoms with E-state index in [1.54, 1.807) is 0 Å². The monoisotopic (exact) mass is 201 g/mol. The molecule has 0 saturated heterocycles. The van der Waals surface area contributed by atoms with Crippen LogP contribution in [0.5, 0.6) is 0 Å². The van der Waals surface area contributed by atoms with Crippen LogP contribution in [0, 0.1) is 0 Å². The number of nitrogens with one attached hydrogen (secondary N) is 1. The van der Waals surface area contributed by atoms with E-state index in [2.05, 4.69) is 35.6 Å². The Morgan fingerprint density at radius 1 is 1.00 bits per heavy atom. The summed E-state index contributed by atoms with van der Waals surface area (Å²) in [4.78, 5) is 0. The van der Waals surface area contributed by atoms with Gasteiger partial charge in [-0.2, -0.15) is 0 Å². The molecule has 0 unspecified atom stereocenters. The number of rotatable bonds is 3. The zero-order chi connectivity index (χ0) is 10.1. The van der Waals surface area contributed by atoms with Crippen LogP contribution in [0.15, 0.2) is 30.3 Å². The highest BCUT2D eigenvalue weighted by atomic mass is 15.1. The first-order valence-corrected chi connectivity index (χ1v) is 6.22. The summed E-state index contributed by atoms with van der Waals surface area (Å²) in [5, 5.41) is 3.88. The molecule has 0 aromatic heterocycles. The van der Waals surface area contributed by atoms with Crippen molar-refractivity contribution in [2.75, 3.05) is 0 Å². The van der Waals surface area contributed by atoms with Crippen molar-refractivity contribution >= 4 is 0 Å². The fourth-order valence-corrected chi connectivity index (χ4v) is 2.86. The summed E-state index contributed by atoms with van der Waals surface area (Å²) in [5.74, 6) is 0. The molecule has 0 amide bonds. The lowest BCUT2D eigenvalue weighted by Gasteiger charge is -2.22. The molecule has 80 valence electrons. The Morgan fingerprint density at radius 3 is 2.27 bits per heavy atom. The predicted octanol–water partition coefficient (Wildman–Crippen LogP) is 3.21. The lowest BCUT2D eigenvalue weighted by atomic mass is 10.0. The van der Waals surface area contributed by atoms with E-state index >= 15 is 0 Å². The first-order valence-electron chi connectivity index (χ1n) is 6.22. The Bertz CT molecular complexity index is 320. The Labute approximate surface area is 91.9 Å². The maximum atomic E-state index is 3.88. The van der Waals surface area contributed by atoms with Crippen LogP contribution < -0.4 is 5.32 Å². The van der Waals surface area contributed by atoms with Crippen LogP contribution >= 0.6 is 0 Å². The molecule has 2 aliphatic carbocycles. The SMILES string of the molecule is c1ccc(C2(NC3CCCC3)CC2)cc1. The van der Waals surface area contributed by atoms with E-state index in [4.69, 9.17) is 0 Å². The molecular weight excluding hydrogens is 182 g/mol. The highest BCUT2D eigenvalue weighted by molar-refractivity contribution is 5.30. The molecule has 1 aromatic carbocycles. The minimum absolute atomic E-state index is 0.357. The van der Waals surface area contributed by atoms with Gasteiger partial charge in [0.25, 0.3) is 0 Å². The molecule has 3 rings (SSSR count). The maximum Gasteiger partial charge on any atom is 0.0438 e. The summed E-state index contributed by atoms with van der Waals surface area (Å²) >= 11 is 0. The van der Waals surface area contributed by atoms with Gasteiger partial charge < -0.3 is 5.32 Å². The summed E-state index contributed by atoms with van der Waals surface area (Å²) < 4.78 is 0. The van der Waals surface area contributed by atoms with Crippen molar-refractivity contribution in [1.82, 2.24) is 5.32 Å². The van der Waals surface area contributed by atoms with E-state index in [0.29, 0.717) is 5.54 Å². The Hall–Kier alpha value is -0.820. The molecule has 1 N–H and O–H groups in total. The van der Waals surface area contributed by atoms with Gasteiger partial charge >= 0.3 is 0 Å². The lowest BCUT2D eigenvalue weighted by molar-refractivity contribution is 0.424. The second-order valence-electron chi connectivity index (χ2n) is 5.07. The van der Waals surface area contributed by atoms with Crippen molar-refractivity contribution < 1.29 is 0 Å². The lowest BCUT2D eigenvalue weighted by Crippen LogP contribution is -2.36. The van der Waals surface area contributed by atoms with Crippen molar-refractivity contribution in [2.24, 2.45) is 0 Å². The largest absolute Gasteiger partial charge is 0.305 e. The zero-order valence-corrected chi connectivity index (χ0v) is 9.21.